The maximum atomic E-state index is 9.83. The van der Waals surface area contributed by atoms with Gasteiger partial charge in [0.1, 0.15) is 0 Å². The topological polar surface area (TPSA) is 50.7 Å². The minimum absolute atomic E-state index is 0.0540. The molecule has 0 spiro atoms. The van der Waals surface area contributed by atoms with E-state index in [0.29, 0.717) is 11.5 Å². The van der Waals surface area contributed by atoms with Crippen molar-refractivity contribution in [2.75, 3.05) is 20.8 Å². The number of aromatic hydroxyl groups is 1. The average molecular weight is 281 g/mol. The van der Waals surface area contributed by atoms with Gasteiger partial charge in [0, 0.05) is 6.54 Å². The Morgan fingerprint density at radius 1 is 1.00 bits per heavy atom. The fraction of sp³-hybridized carbons (Fsp3) is 0.625. The number of benzene rings is 1. The lowest BCUT2D eigenvalue weighted by Gasteiger charge is -2.12. The van der Waals surface area contributed by atoms with Crippen LogP contribution in [-0.4, -0.2) is 25.9 Å². The molecule has 0 aliphatic carbocycles. The number of phenolic OH excluding ortho intramolecular Hbond substituents is 1. The van der Waals surface area contributed by atoms with Crippen molar-refractivity contribution in [2.24, 2.45) is 0 Å². The molecule has 0 amide bonds. The van der Waals surface area contributed by atoms with E-state index in [0.717, 1.165) is 18.7 Å². The Morgan fingerprint density at radius 2 is 1.60 bits per heavy atom. The van der Waals surface area contributed by atoms with E-state index in [1.807, 2.05) is 12.1 Å². The summed E-state index contributed by atoms with van der Waals surface area (Å²) in [4.78, 5) is 0. The summed E-state index contributed by atoms with van der Waals surface area (Å²) in [5.41, 5.74) is 1.05. The third-order valence-electron chi connectivity index (χ3n) is 3.33. The SMILES string of the molecule is CCCCCCCNCc1cc(OC)c(O)c(OC)c1. The van der Waals surface area contributed by atoms with Crippen LogP contribution < -0.4 is 14.8 Å². The van der Waals surface area contributed by atoms with Crippen molar-refractivity contribution >= 4 is 0 Å². The molecule has 0 saturated heterocycles. The van der Waals surface area contributed by atoms with Crippen molar-refractivity contribution in [3.8, 4) is 17.2 Å². The zero-order valence-corrected chi connectivity index (χ0v) is 12.9. The molecule has 0 aromatic heterocycles. The van der Waals surface area contributed by atoms with Crippen molar-refractivity contribution in [3.05, 3.63) is 17.7 Å². The molecule has 0 bridgehead atoms. The van der Waals surface area contributed by atoms with Crippen LogP contribution in [0.5, 0.6) is 17.2 Å². The molecule has 1 aromatic rings. The molecule has 4 nitrogen and oxygen atoms in total. The highest BCUT2D eigenvalue weighted by Gasteiger charge is 2.10. The van der Waals surface area contributed by atoms with Gasteiger partial charge in [0.2, 0.25) is 5.75 Å². The predicted molar refractivity (Wildman–Crippen MR) is 81.7 cm³/mol. The number of ether oxygens (including phenoxy) is 2. The normalized spacial score (nSPS) is 10.6. The highest BCUT2D eigenvalue weighted by atomic mass is 16.5. The van der Waals surface area contributed by atoms with Crippen molar-refractivity contribution in [1.29, 1.82) is 0 Å². The Bertz CT molecular complexity index is 368. The zero-order valence-electron chi connectivity index (χ0n) is 12.9. The third kappa shape index (κ3) is 5.29. The van der Waals surface area contributed by atoms with Gasteiger partial charge in [-0.2, -0.15) is 0 Å². The maximum Gasteiger partial charge on any atom is 0.200 e. The van der Waals surface area contributed by atoms with E-state index in [1.165, 1.54) is 32.1 Å². The molecular weight excluding hydrogens is 254 g/mol. The molecule has 0 unspecified atom stereocenters. The van der Waals surface area contributed by atoms with Gasteiger partial charge in [0.15, 0.2) is 11.5 Å². The van der Waals surface area contributed by atoms with Gasteiger partial charge in [-0.05, 0) is 30.7 Å². The lowest BCUT2D eigenvalue weighted by molar-refractivity contribution is 0.339. The summed E-state index contributed by atoms with van der Waals surface area (Å²) >= 11 is 0. The molecule has 1 aromatic carbocycles. The van der Waals surface area contributed by atoms with Gasteiger partial charge in [0.25, 0.3) is 0 Å². The molecule has 114 valence electrons. The standard InChI is InChI=1S/C16H27NO3/c1-4-5-6-7-8-9-17-12-13-10-14(19-2)16(18)15(11-13)20-3/h10-11,17-18H,4-9,12H2,1-3H3. The quantitative estimate of drug-likeness (QED) is 0.645. The maximum absolute atomic E-state index is 9.83. The van der Waals surface area contributed by atoms with Crippen molar-refractivity contribution in [3.63, 3.8) is 0 Å². The number of phenols is 1. The Kier molecular flexibility index (Phi) is 7.88. The van der Waals surface area contributed by atoms with Gasteiger partial charge in [-0.3, -0.25) is 0 Å². The average Bonchev–Trinajstić information content (AvgIpc) is 2.47. The van der Waals surface area contributed by atoms with Crippen LogP contribution in [0.3, 0.4) is 0 Å². The minimum Gasteiger partial charge on any atom is -0.502 e. The van der Waals surface area contributed by atoms with Gasteiger partial charge >= 0.3 is 0 Å². The zero-order chi connectivity index (χ0) is 14.8. The van der Waals surface area contributed by atoms with Crippen LogP contribution in [0.15, 0.2) is 12.1 Å². The summed E-state index contributed by atoms with van der Waals surface area (Å²) in [6.45, 7) is 3.99. The van der Waals surface area contributed by atoms with Crippen LogP contribution in [0, 0.1) is 0 Å². The molecule has 0 heterocycles. The lowest BCUT2D eigenvalue weighted by atomic mass is 10.1. The monoisotopic (exact) mass is 281 g/mol. The van der Waals surface area contributed by atoms with E-state index in [4.69, 9.17) is 9.47 Å². The van der Waals surface area contributed by atoms with E-state index >= 15 is 0 Å². The summed E-state index contributed by atoms with van der Waals surface area (Å²) in [6, 6.07) is 3.67. The number of hydrogen-bond acceptors (Lipinski definition) is 4. The summed E-state index contributed by atoms with van der Waals surface area (Å²) < 4.78 is 10.3. The van der Waals surface area contributed by atoms with Gasteiger partial charge in [-0.15, -0.1) is 0 Å². The highest BCUT2D eigenvalue weighted by molar-refractivity contribution is 5.52. The van der Waals surface area contributed by atoms with Crippen LogP contribution in [0.25, 0.3) is 0 Å². The van der Waals surface area contributed by atoms with Crippen LogP contribution >= 0.6 is 0 Å². The molecule has 1 rings (SSSR count). The largest absolute Gasteiger partial charge is 0.502 e. The molecule has 0 saturated carbocycles. The molecule has 0 atom stereocenters. The van der Waals surface area contributed by atoms with Gasteiger partial charge in [-0.1, -0.05) is 32.6 Å². The number of methoxy groups -OCH3 is 2. The van der Waals surface area contributed by atoms with Gasteiger partial charge in [0.05, 0.1) is 14.2 Å². The first kappa shape index (κ1) is 16.6. The van der Waals surface area contributed by atoms with E-state index < -0.39 is 0 Å². The second kappa shape index (κ2) is 9.48. The molecule has 4 heteroatoms. The summed E-state index contributed by atoms with van der Waals surface area (Å²) in [5, 5.41) is 13.2. The molecule has 0 fully saturated rings. The first-order chi connectivity index (χ1) is 9.72. The summed E-state index contributed by atoms with van der Waals surface area (Å²) in [7, 11) is 3.08. The Balaban J connectivity index is 2.40. The highest BCUT2D eigenvalue weighted by Crippen LogP contribution is 2.36. The molecule has 0 radical (unpaired) electrons. The first-order valence-corrected chi connectivity index (χ1v) is 7.37. The van der Waals surface area contributed by atoms with Gasteiger partial charge in [-0.25, -0.2) is 0 Å². The van der Waals surface area contributed by atoms with Crippen molar-refractivity contribution in [1.82, 2.24) is 5.32 Å². The van der Waals surface area contributed by atoms with Crippen LogP contribution in [0.4, 0.5) is 0 Å². The third-order valence-corrected chi connectivity index (χ3v) is 3.33. The summed E-state index contributed by atoms with van der Waals surface area (Å²) in [5.74, 6) is 0.950. The number of rotatable bonds is 10. The van der Waals surface area contributed by atoms with Crippen molar-refractivity contribution < 1.29 is 14.6 Å². The smallest absolute Gasteiger partial charge is 0.200 e. The second-order valence-corrected chi connectivity index (χ2v) is 4.94. The van der Waals surface area contributed by atoms with Crippen LogP contribution in [0.2, 0.25) is 0 Å². The van der Waals surface area contributed by atoms with Crippen LogP contribution in [-0.2, 0) is 6.54 Å². The van der Waals surface area contributed by atoms with E-state index in [2.05, 4.69) is 12.2 Å². The van der Waals surface area contributed by atoms with Crippen molar-refractivity contribution in [2.45, 2.75) is 45.6 Å². The molecule has 20 heavy (non-hydrogen) atoms. The fourth-order valence-electron chi connectivity index (χ4n) is 2.14. The first-order valence-electron chi connectivity index (χ1n) is 7.37. The predicted octanol–water partition coefficient (Wildman–Crippen LogP) is 3.47. The molecular formula is C16H27NO3. The van der Waals surface area contributed by atoms with E-state index in [9.17, 15) is 5.11 Å². The lowest BCUT2D eigenvalue weighted by Crippen LogP contribution is -2.14. The fourth-order valence-corrected chi connectivity index (χ4v) is 2.14. The number of hydrogen-bond donors (Lipinski definition) is 2. The Morgan fingerprint density at radius 3 is 2.15 bits per heavy atom. The Hall–Kier alpha value is -1.42. The summed E-state index contributed by atoms with van der Waals surface area (Å²) in [6.07, 6.45) is 6.40. The van der Waals surface area contributed by atoms with E-state index in [1.54, 1.807) is 14.2 Å². The van der Waals surface area contributed by atoms with E-state index in [-0.39, 0.29) is 5.75 Å². The minimum atomic E-state index is 0.0540. The van der Waals surface area contributed by atoms with Crippen LogP contribution in [0.1, 0.15) is 44.6 Å². The number of nitrogens with one attached hydrogen (secondary N) is 1. The number of unbranched alkanes of at least 4 members (excludes halogenated alkanes) is 4. The molecule has 2 N–H and O–H groups in total. The van der Waals surface area contributed by atoms with Gasteiger partial charge < -0.3 is 19.9 Å². The Labute approximate surface area is 122 Å². The second-order valence-electron chi connectivity index (χ2n) is 4.94. The molecule has 0 aliphatic heterocycles. The molecule has 0 aliphatic rings.